The molecule has 0 aliphatic carbocycles. The van der Waals surface area contributed by atoms with Crippen LogP contribution in [0, 0.1) is 5.82 Å². The summed E-state index contributed by atoms with van der Waals surface area (Å²) in [7, 11) is 0. The monoisotopic (exact) mass is 230 g/mol. The number of benzene rings is 1. The van der Waals surface area contributed by atoms with Gasteiger partial charge >= 0.3 is 0 Å². The van der Waals surface area contributed by atoms with Crippen molar-refractivity contribution < 1.29 is 4.39 Å². The van der Waals surface area contributed by atoms with Crippen LogP contribution in [0.3, 0.4) is 0 Å². The molecule has 1 N–H and O–H groups in total. The zero-order valence-corrected chi connectivity index (χ0v) is 9.78. The summed E-state index contributed by atoms with van der Waals surface area (Å²) in [5.41, 5.74) is 2.76. The van der Waals surface area contributed by atoms with Gasteiger partial charge in [0.25, 0.3) is 0 Å². The van der Waals surface area contributed by atoms with Crippen molar-refractivity contribution in [2.24, 2.45) is 0 Å². The minimum atomic E-state index is -0.163. The van der Waals surface area contributed by atoms with Crippen LogP contribution in [0.1, 0.15) is 12.5 Å². The van der Waals surface area contributed by atoms with E-state index in [1.807, 2.05) is 25.1 Å². The molecule has 0 fully saturated rings. The SMILES string of the molecule is CCNCc1cc(-c2ccncc2)ccc1F. The molecule has 2 aromatic rings. The average molecular weight is 230 g/mol. The van der Waals surface area contributed by atoms with Crippen molar-refractivity contribution in [3.05, 3.63) is 54.1 Å². The molecular weight excluding hydrogens is 215 g/mol. The third-order valence-electron chi connectivity index (χ3n) is 2.62. The van der Waals surface area contributed by atoms with Gasteiger partial charge in [-0.2, -0.15) is 0 Å². The van der Waals surface area contributed by atoms with Gasteiger partial charge in [-0.3, -0.25) is 4.98 Å². The van der Waals surface area contributed by atoms with Crippen LogP contribution in [-0.4, -0.2) is 11.5 Å². The van der Waals surface area contributed by atoms with Crippen LogP contribution in [0.4, 0.5) is 4.39 Å². The molecule has 0 bridgehead atoms. The van der Waals surface area contributed by atoms with Crippen molar-refractivity contribution in [2.45, 2.75) is 13.5 Å². The lowest BCUT2D eigenvalue weighted by Gasteiger charge is -2.07. The number of halogens is 1. The minimum absolute atomic E-state index is 0.163. The molecule has 1 heterocycles. The van der Waals surface area contributed by atoms with Gasteiger partial charge in [0.15, 0.2) is 0 Å². The maximum absolute atomic E-state index is 13.6. The van der Waals surface area contributed by atoms with Gasteiger partial charge < -0.3 is 5.32 Å². The van der Waals surface area contributed by atoms with Crippen LogP contribution < -0.4 is 5.32 Å². The van der Waals surface area contributed by atoms with E-state index in [0.29, 0.717) is 12.1 Å². The maximum Gasteiger partial charge on any atom is 0.127 e. The molecule has 0 amide bonds. The molecule has 0 saturated heterocycles. The van der Waals surface area contributed by atoms with E-state index in [1.54, 1.807) is 18.5 Å². The summed E-state index contributed by atoms with van der Waals surface area (Å²) in [6, 6.07) is 9.03. The van der Waals surface area contributed by atoms with Crippen LogP contribution in [-0.2, 0) is 6.54 Å². The van der Waals surface area contributed by atoms with E-state index in [1.165, 1.54) is 6.07 Å². The summed E-state index contributed by atoms with van der Waals surface area (Å²) in [5, 5.41) is 3.13. The van der Waals surface area contributed by atoms with E-state index < -0.39 is 0 Å². The van der Waals surface area contributed by atoms with Gasteiger partial charge in [0, 0.05) is 24.5 Å². The van der Waals surface area contributed by atoms with Crippen LogP contribution in [0.25, 0.3) is 11.1 Å². The molecular formula is C14H15FN2. The highest BCUT2D eigenvalue weighted by Gasteiger charge is 2.04. The van der Waals surface area contributed by atoms with Crippen molar-refractivity contribution >= 4 is 0 Å². The van der Waals surface area contributed by atoms with Gasteiger partial charge in [0.2, 0.25) is 0 Å². The third kappa shape index (κ3) is 2.88. The predicted molar refractivity (Wildman–Crippen MR) is 67.0 cm³/mol. The molecule has 0 radical (unpaired) electrons. The first-order valence-corrected chi connectivity index (χ1v) is 5.71. The Balaban J connectivity index is 2.31. The fraction of sp³-hybridized carbons (Fsp3) is 0.214. The Hall–Kier alpha value is -1.74. The number of nitrogens with one attached hydrogen (secondary N) is 1. The van der Waals surface area contributed by atoms with Crippen molar-refractivity contribution in [3.8, 4) is 11.1 Å². The first-order chi connectivity index (χ1) is 8.31. The Kier molecular flexibility index (Phi) is 3.83. The second-order valence-corrected chi connectivity index (χ2v) is 3.82. The Morgan fingerprint density at radius 3 is 2.59 bits per heavy atom. The summed E-state index contributed by atoms with van der Waals surface area (Å²) >= 11 is 0. The number of rotatable bonds is 4. The number of hydrogen-bond acceptors (Lipinski definition) is 2. The van der Waals surface area contributed by atoms with E-state index in [-0.39, 0.29) is 5.82 Å². The molecule has 0 atom stereocenters. The van der Waals surface area contributed by atoms with Gasteiger partial charge in [-0.1, -0.05) is 13.0 Å². The largest absolute Gasteiger partial charge is 0.313 e. The second-order valence-electron chi connectivity index (χ2n) is 3.82. The quantitative estimate of drug-likeness (QED) is 0.873. The molecule has 2 nitrogen and oxygen atoms in total. The van der Waals surface area contributed by atoms with E-state index in [2.05, 4.69) is 10.3 Å². The fourth-order valence-corrected chi connectivity index (χ4v) is 1.69. The molecule has 2 rings (SSSR count). The van der Waals surface area contributed by atoms with Crippen molar-refractivity contribution in [1.82, 2.24) is 10.3 Å². The normalized spacial score (nSPS) is 10.5. The lowest BCUT2D eigenvalue weighted by molar-refractivity contribution is 0.593. The zero-order chi connectivity index (χ0) is 12.1. The average Bonchev–Trinajstić information content (AvgIpc) is 2.39. The van der Waals surface area contributed by atoms with Crippen molar-refractivity contribution in [3.63, 3.8) is 0 Å². The van der Waals surface area contributed by atoms with Crippen molar-refractivity contribution in [1.29, 1.82) is 0 Å². The van der Waals surface area contributed by atoms with E-state index in [0.717, 1.165) is 17.7 Å². The van der Waals surface area contributed by atoms with Gasteiger partial charge in [-0.05, 0) is 41.9 Å². The maximum atomic E-state index is 13.6. The summed E-state index contributed by atoms with van der Waals surface area (Å²) in [6.07, 6.45) is 3.48. The molecule has 1 aromatic carbocycles. The van der Waals surface area contributed by atoms with Crippen LogP contribution >= 0.6 is 0 Å². The van der Waals surface area contributed by atoms with Crippen molar-refractivity contribution in [2.75, 3.05) is 6.54 Å². The first-order valence-electron chi connectivity index (χ1n) is 5.71. The molecule has 0 spiro atoms. The zero-order valence-electron chi connectivity index (χ0n) is 9.78. The van der Waals surface area contributed by atoms with Crippen LogP contribution in [0.5, 0.6) is 0 Å². The van der Waals surface area contributed by atoms with E-state index in [9.17, 15) is 4.39 Å². The smallest absolute Gasteiger partial charge is 0.127 e. The Labute approximate surface area is 101 Å². The standard InChI is InChI=1S/C14H15FN2/c1-2-16-10-13-9-12(3-4-14(13)15)11-5-7-17-8-6-11/h3-9,16H,2,10H2,1H3. The summed E-state index contributed by atoms with van der Waals surface area (Å²) < 4.78 is 13.6. The summed E-state index contributed by atoms with van der Waals surface area (Å²) in [5.74, 6) is -0.163. The predicted octanol–water partition coefficient (Wildman–Crippen LogP) is 3.00. The number of aromatic nitrogens is 1. The number of hydrogen-bond donors (Lipinski definition) is 1. The highest BCUT2D eigenvalue weighted by atomic mass is 19.1. The lowest BCUT2D eigenvalue weighted by atomic mass is 10.0. The molecule has 17 heavy (non-hydrogen) atoms. The van der Waals surface area contributed by atoms with Gasteiger partial charge in [0.05, 0.1) is 0 Å². The highest BCUT2D eigenvalue weighted by Crippen LogP contribution is 2.21. The molecule has 88 valence electrons. The molecule has 0 aliphatic heterocycles. The minimum Gasteiger partial charge on any atom is -0.313 e. The fourth-order valence-electron chi connectivity index (χ4n) is 1.69. The highest BCUT2D eigenvalue weighted by molar-refractivity contribution is 5.63. The Morgan fingerprint density at radius 2 is 1.88 bits per heavy atom. The first kappa shape index (κ1) is 11.7. The molecule has 3 heteroatoms. The van der Waals surface area contributed by atoms with E-state index >= 15 is 0 Å². The van der Waals surface area contributed by atoms with Gasteiger partial charge in [0.1, 0.15) is 5.82 Å². The number of nitrogens with zero attached hydrogens (tertiary/aromatic N) is 1. The van der Waals surface area contributed by atoms with Gasteiger partial charge in [-0.15, -0.1) is 0 Å². The Bertz CT molecular complexity index is 483. The summed E-state index contributed by atoms with van der Waals surface area (Å²) in [6.45, 7) is 3.39. The lowest BCUT2D eigenvalue weighted by Crippen LogP contribution is -2.12. The third-order valence-corrected chi connectivity index (χ3v) is 2.62. The topological polar surface area (TPSA) is 24.9 Å². The number of pyridine rings is 1. The van der Waals surface area contributed by atoms with Crippen LogP contribution in [0.15, 0.2) is 42.7 Å². The molecule has 1 aromatic heterocycles. The molecule has 0 aliphatic rings. The Morgan fingerprint density at radius 1 is 1.12 bits per heavy atom. The second kappa shape index (κ2) is 5.55. The van der Waals surface area contributed by atoms with E-state index in [4.69, 9.17) is 0 Å². The van der Waals surface area contributed by atoms with Gasteiger partial charge in [-0.25, -0.2) is 4.39 Å². The van der Waals surface area contributed by atoms with Crippen LogP contribution in [0.2, 0.25) is 0 Å². The summed E-state index contributed by atoms with van der Waals surface area (Å²) in [4.78, 5) is 3.97. The molecule has 0 unspecified atom stereocenters. The molecule has 0 saturated carbocycles.